The lowest BCUT2D eigenvalue weighted by Gasteiger charge is -2.08. The minimum absolute atomic E-state index is 0.0173. The number of ether oxygens (including phenoxy) is 2. The molecule has 1 heterocycles. The minimum atomic E-state index is -0.593. The highest BCUT2D eigenvalue weighted by molar-refractivity contribution is 5.68. The van der Waals surface area contributed by atoms with Gasteiger partial charge in [0.2, 0.25) is 5.75 Å². The van der Waals surface area contributed by atoms with Gasteiger partial charge in [-0.15, -0.1) is 0 Å². The molecule has 0 amide bonds. The van der Waals surface area contributed by atoms with Gasteiger partial charge in [-0.2, -0.15) is 4.98 Å². The van der Waals surface area contributed by atoms with Crippen molar-refractivity contribution < 1.29 is 18.9 Å². The Labute approximate surface area is 107 Å². The molecule has 2 N–H and O–H groups in total. The van der Waals surface area contributed by atoms with Gasteiger partial charge in [0.25, 0.3) is 11.8 Å². The molecule has 2 aromatic rings. The van der Waals surface area contributed by atoms with Crippen molar-refractivity contribution in [2.45, 2.75) is 0 Å². The topological polar surface area (TPSA) is 127 Å². The SMILES string of the molecule is COc1cc(-c2nc(N)no2)cc([N+](=O)[O-])c1OC. The van der Waals surface area contributed by atoms with Crippen LogP contribution in [0.2, 0.25) is 0 Å². The van der Waals surface area contributed by atoms with Crippen LogP contribution in [0.15, 0.2) is 16.7 Å². The van der Waals surface area contributed by atoms with Gasteiger partial charge in [-0.25, -0.2) is 0 Å². The molecule has 0 radical (unpaired) electrons. The normalized spacial score (nSPS) is 10.2. The van der Waals surface area contributed by atoms with Gasteiger partial charge in [0.15, 0.2) is 5.75 Å². The van der Waals surface area contributed by atoms with Gasteiger partial charge in [-0.1, -0.05) is 0 Å². The van der Waals surface area contributed by atoms with Crippen LogP contribution in [-0.4, -0.2) is 29.3 Å². The lowest BCUT2D eigenvalue weighted by atomic mass is 10.1. The summed E-state index contributed by atoms with van der Waals surface area (Å²) in [5.41, 5.74) is 5.38. The first-order valence-corrected chi connectivity index (χ1v) is 5.06. The van der Waals surface area contributed by atoms with Gasteiger partial charge in [0.05, 0.1) is 24.7 Å². The van der Waals surface area contributed by atoms with E-state index in [0.29, 0.717) is 5.56 Å². The fourth-order valence-electron chi connectivity index (χ4n) is 1.56. The van der Waals surface area contributed by atoms with E-state index in [4.69, 9.17) is 19.7 Å². The molecule has 2 rings (SSSR count). The maximum atomic E-state index is 11.0. The monoisotopic (exact) mass is 266 g/mol. The van der Waals surface area contributed by atoms with E-state index in [-0.39, 0.29) is 29.0 Å². The fourth-order valence-corrected chi connectivity index (χ4v) is 1.56. The summed E-state index contributed by atoms with van der Waals surface area (Å²) in [4.78, 5) is 14.2. The number of benzene rings is 1. The third-order valence-electron chi connectivity index (χ3n) is 2.34. The van der Waals surface area contributed by atoms with Gasteiger partial charge >= 0.3 is 5.69 Å². The zero-order chi connectivity index (χ0) is 14.0. The maximum Gasteiger partial charge on any atom is 0.315 e. The summed E-state index contributed by atoms with van der Waals surface area (Å²) in [6.45, 7) is 0. The Hall–Kier alpha value is -2.84. The number of nitrogens with two attached hydrogens (primary N) is 1. The highest BCUT2D eigenvalue weighted by atomic mass is 16.6. The summed E-state index contributed by atoms with van der Waals surface area (Å²) < 4.78 is 14.9. The number of anilines is 1. The van der Waals surface area contributed by atoms with E-state index >= 15 is 0 Å². The fraction of sp³-hybridized carbons (Fsp3) is 0.200. The average molecular weight is 266 g/mol. The van der Waals surface area contributed by atoms with Gasteiger partial charge < -0.3 is 19.7 Å². The van der Waals surface area contributed by atoms with Crippen LogP contribution in [0, 0.1) is 10.1 Å². The Kier molecular flexibility index (Phi) is 3.19. The second kappa shape index (κ2) is 4.80. The summed E-state index contributed by atoms with van der Waals surface area (Å²) in [6, 6.07) is 2.73. The number of aromatic nitrogens is 2. The molecule has 0 saturated carbocycles. The number of hydrogen-bond acceptors (Lipinski definition) is 8. The van der Waals surface area contributed by atoms with E-state index in [0.717, 1.165) is 0 Å². The van der Waals surface area contributed by atoms with Crippen LogP contribution in [-0.2, 0) is 0 Å². The van der Waals surface area contributed by atoms with Crippen LogP contribution in [0.1, 0.15) is 0 Å². The number of rotatable bonds is 4. The van der Waals surface area contributed by atoms with Crippen LogP contribution in [0.25, 0.3) is 11.5 Å². The highest BCUT2D eigenvalue weighted by Crippen LogP contribution is 2.40. The highest BCUT2D eigenvalue weighted by Gasteiger charge is 2.23. The summed E-state index contributed by atoms with van der Waals surface area (Å²) >= 11 is 0. The number of nitrogen functional groups attached to an aromatic ring is 1. The molecule has 0 saturated heterocycles. The van der Waals surface area contributed by atoms with Gasteiger partial charge in [0.1, 0.15) is 0 Å². The molecule has 9 nitrogen and oxygen atoms in total. The van der Waals surface area contributed by atoms with Crippen molar-refractivity contribution in [1.82, 2.24) is 10.1 Å². The molecule has 0 aliphatic rings. The lowest BCUT2D eigenvalue weighted by molar-refractivity contribution is -0.385. The Balaban J connectivity index is 2.64. The van der Waals surface area contributed by atoms with Crippen LogP contribution >= 0.6 is 0 Å². The molecular weight excluding hydrogens is 256 g/mol. The average Bonchev–Trinajstić information content (AvgIpc) is 2.83. The smallest absolute Gasteiger partial charge is 0.315 e. The minimum Gasteiger partial charge on any atom is -0.493 e. The molecule has 0 atom stereocenters. The second-order valence-corrected chi connectivity index (χ2v) is 3.45. The quantitative estimate of drug-likeness (QED) is 0.646. The largest absolute Gasteiger partial charge is 0.493 e. The van der Waals surface area contributed by atoms with Gasteiger partial charge in [-0.3, -0.25) is 10.1 Å². The number of nitro groups is 1. The molecule has 0 fully saturated rings. The Morgan fingerprint density at radius 3 is 2.58 bits per heavy atom. The van der Waals surface area contributed by atoms with Crippen molar-refractivity contribution in [3.63, 3.8) is 0 Å². The molecule has 9 heteroatoms. The zero-order valence-electron chi connectivity index (χ0n) is 10.1. The Morgan fingerprint density at radius 1 is 1.37 bits per heavy atom. The standard InChI is InChI=1S/C10H10N4O5/c1-17-7-4-5(9-12-10(11)13-19-9)3-6(14(15)16)8(7)18-2/h3-4H,1-2H3,(H2,11,13). The van der Waals surface area contributed by atoms with Crippen LogP contribution < -0.4 is 15.2 Å². The van der Waals surface area contributed by atoms with Crippen molar-refractivity contribution >= 4 is 11.6 Å². The summed E-state index contributed by atoms with van der Waals surface area (Å²) in [5.74, 6) is 0.196. The molecule has 1 aromatic carbocycles. The third kappa shape index (κ3) is 2.25. The molecule has 0 unspecified atom stereocenters. The first kappa shape index (κ1) is 12.6. The van der Waals surface area contributed by atoms with E-state index in [1.54, 1.807) is 0 Å². The molecule has 19 heavy (non-hydrogen) atoms. The van der Waals surface area contributed by atoms with Crippen molar-refractivity contribution in [2.75, 3.05) is 20.0 Å². The molecule has 0 aliphatic heterocycles. The van der Waals surface area contributed by atoms with Crippen LogP contribution in [0.3, 0.4) is 0 Å². The molecule has 0 spiro atoms. The zero-order valence-corrected chi connectivity index (χ0v) is 10.1. The molecular formula is C10H10N4O5. The predicted octanol–water partition coefficient (Wildman–Crippen LogP) is 1.24. The van der Waals surface area contributed by atoms with E-state index in [9.17, 15) is 10.1 Å². The summed E-state index contributed by atoms with van der Waals surface area (Å²) in [6.07, 6.45) is 0. The Morgan fingerprint density at radius 2 is 2.11 bits per heavy atom. The number of hydrogen-bond donors (Lipinski definition) is 1. The van der Waals surface area contributed by atoms with Crippen molar-refractivity contribution in [3.05, 3.63) is 22.2 Å². The number of methoxy groups -OCH3 is 2. The second-order valence-electron chi connectivity index (χ2n) is 3.45. The molecule has 0 bridgehead atoms. The van der Waals surface area contributed by atoms with E-state index in [1.165, 1.54) is 26.4 Å². The first-order chi connectivity index (χ1) is 9.06. The number of nitrogens with zero attached hydrogens (tertiary/aromatic N) is 3. The van der Waals surface area contributed by atoms with E-state index in [2.05, 4.69) is 10.1 Å². The third-order valence-corrected chi connectivity index (χ3v) is 2.34. The van der Waals surface area contributed by atoms with E-state index < -0.39 is 4.92 Å². The predicted molar refractivity (Wildman–Crippen MR) is 63.9 cm³/mol. The van der Waals surface area contributed by atoms with Gasteiger partial charge in [-0.05, 0) is 11.2 Å². The Bertz CT molecular complexity index is 624. The molecule has 100 valence electrons. The number of nitro benzene ring substituents is 1. The summed E-state index contributed by atoms with van der Waals surface area (Å²) in [5, 5.41) is 14.4. The summed E-state index contributed by atoms with van der Waals surface area (Å²) in [7, 11) is 2.68. The van der Waals surface area contributed by atoms with Crippen molar-refractivity contribution in [1.29, 1.82) is 0 Å². The first-order valence-electron chi connectivity index (χ1n) is 5.06. The van der Waals surface area contributed by atoms with Gasteiger partial charge in [0, 0.05) is 6.07 Å². The van der Waals surface area contributed by atoms with E-state index in [1.807, 2.05) is 0 Å². The lowest BCUT2D eigenvalue weighted by Crippen LogP contribution is -1.98. The van der Waals surface area contributed by atoms with Crippen LogP contribution in [0.4, 0.5) is 11.6 Å². The van der Waals surface area contributed by atoms with Crippen molar-refractivity contribution in [3.8, 4) is 23.0 Å². The van der Waals surface area contributed by atoms with Crippen molar-refractivity contribution in [2.24, 2.45) is 0 Å². The maximum absolute atomic E-state index is 11.0. The molecule has 0 aliphatic carbocycles. The van der Waals surface area contributed by atoms with Crippen LogP contribution in [0.5, 0.6) is 11.5 Å². The molecule has 1 aromatic heterocycles.